The van der Waals surface area contributed by atoms with E-state index in [1.807, 2.05) is 19.1 Å². The normalized spacial score (nSPS) is 12.4. The fourth-order valence-corrected chi connectivity index (χ4v) is 1.92. The van der Waals surface area contributed by atoms with E-state index >= 15 is 0 Å². The summed E-state index contributed by atoms with van der Waals surface area (Å²) in [7, 11) is 0. The zero-order valence-electron chi connectivity index (χ0n) is 10.3. The highest BCUT2D eigenvalue weighted by Gasteiger charge is 2.12. The molecule has 0 aliphatic carbocycles. The van der Waals surface area contributed by atoms with Gasteiger partial charge in [-0.2, -0.15) is 0 Å². The molecule has 1 unspecified atom stereocenters. The molecule has 94 valence electrons. The van der Waals surface area contributed by atoms with Crippen LogP contribution in [0.5, 0.6) is 0 Å². The van der Waals surface area contributed by atoms with Crippen molar-refractivity contribution in [1.29, 1.82) is 0 Å². The van der Waals surface area contributed by atoms with Crippen LogP contribution < -0.4 is 0 Å². The SMILES string of the molecule is Cc1ccc(F)c(C(O)CCc2cccnc2)c1. The van der Waals surface area contributed by atoms with Crippen molar-refractivity contribution in [1.82, 2.24) is 4.98 Å². The number of aliphatic hydroxyl groups is 1. The van der Waals surface area contributed by atoms with Crippen molar-refractivity contribution in [2.24, 2.45) is 0 Å². The zero-order chi connectivity index (χ0) is 13.0. The number of aryl methyl sites for hydroxylation is 2. The second-order valence-corrected chi connectivity index (χ2v) is 4.44. The Balaban J connectivity index is 2.03. The topological polar surface area (TPSA) is 33.1 Å². The molecular weight excluding hydrogens is 229 g/mol. The van der Waals surface area contributed by atoms with Crippen LogP contribution in [-0.2, 0) is 6.42 Å². The molecule has 1 aromatic heterocycles. The minimum Gasteiger partial charge on any atom is -0.388 e. The van der Waals surface area contributed by atoms with Crippen LogP contribution >= 0.6 is 0 Å². The number of hydrogen-bond donors (Lipinski definition) is 1. The molecule has 2 aromatic rings. The van der Waals surface area contributed by atoms with Gasteiger partial charge in [0.15, 0.2) is 0 Å². The summed E-state index contributed by atoms with van der Waals surface area (Å²) in [6, 6.07) is 8.61. The zero-order valence-corrected chi connectivity index (χ0v) is 10.3. The molecule has 0 fully saturated rings. The van der Waals surface area contributed by atoms with Crippen molar-refractivity contribution in [3.05, 3.63) is 65.2 Å². The van der Waals surface area contributed by atoms with Crippen LogP contribution in [0.3, 0.4) is 0 Å². The van der Waals surface area contributed by atoms with Gasteiger partial charge in [0.05, 0.1) is 6.10 Å². The Hall–Kier alpha value is -1.74. The van der Waals surface area contributed by atoms with Gasteiger partial charge in [-0.3, -0.25) is 4.98 Å². The maximum atomic E-state index is 13.6. The lowest BCUT2D eigenvalue weighted by molar-refractivity contribution is 0.163. The Morgan fingerprint density at radius 1 is 1.33 bits per heavy atom. The quantitative estimate of drug-likeness (QED) is 0.897. The molecule has 18 heavy (non-hydrogen) atoms. The number of nitrogens with zero attached hydrogens (tertiary/aromatic N) is 1. The number of aromatic nitrogens is 1. The largest absolute Gasteiger partial charge is 0.388 e. The van der Waals surface area contributed by atoms with Crippen molar-refractivity contribution < 1.29 is 9.50 Å². The van der Waals surface area contributed by atoms with Crippen LogP contribution in [-0.4, -0.2) is 10.1 Å². The molecule has 0 amide bonds. The summed E-state index contributed by atoms with van der Waals surface area (Å²) >= 11 is 0. The van der Waals surface area contributed by atoms with Crippen molar-refractivity contribution in [2.75, 3.05) is 0 Å². The first-order valence-corrected chi connectivity index (χ1v) is 6.00. The number of benzene rings is 1. The number of pyridine rings is 1. The maximum absolute atomic E-state index is 13.6. The van der Waals surface area contributed by atoms with Crippen LogP contribution in [0.15, 0.2) is 42.7 Å². The number of aliphatic hydroxyl groups excluding tert-OH is 1. The van der Waals surface area contributed by atoms with E-state index in [2.05, 4.69) is 4.98 Å². The third-order valence-electron chi connectivity index (χ3n) is 2.94. The Kier molecular flexibility index (Phi) is 4.05. The lowest BCUT2D eigenvalue weighted by atomic mass is 10.0. The molecule has 1 atom stereocenters. The van der Waals surface area contributed by atoms with Gasteiger partial charge in [-0.1, -0.05) is 23.8 Å². The van der Waals surface area contributed by atoms with Crippen LogP contribution in [0.1, 0.15) is 29.2 Å². The maximum Gasteiger partial charge on any atom is 0.129 e. The molecule has 0 saturated heterocycles. The molecule has 1 aromatic carbocycles. The molecule has 3 heteroatoms. The highest BCUT2D eigenvalue weighted by molar-refractivity contribution is 5.26. The molecule has 0 aliphatic rings. The predicted octanol–water partition coefficient (Wildman–Crippen LogP) is 3.20. The first-order valence-electron chi connectivity index (χ1n) is 6.00. The molecule has 0 saturated carbocycles. The van der Waals surface area contributed by atoms with E-state index in [-0.39, 0.29) is 5.82 Å². The third-order valence-corrected chi connectivity index (χ3v) is 2.94. The van der Waals surface area contributed by atoms with E-state index in [4.69, 9.17) is 0 Å². The number of halogens is 1. The second kappa shape index (κ2) is 5.74. The van der Waals surface area contributed by atoms with Gasteiger partial charge in [-0.25, -0.2) is 4.39 Å². The smallest absolute Gasteiger partial charge is 0.129 e. The minimum absolute atomic E-state index is 0.348. The molecule has 2 rings (SSSR count). The average molecular weight is 245 g/mol. The second-order valence-electron chi connectivity index (χ2n) is 4.44. The van der Waals surface area contributed by atoms with Gasteiger partial charge in [-0.05, 0) is 37.5 Å². The van der Waals surface area contributed by atoms with E-state index in [9.17, 15) is 9.50 Å². The van der Waals surface area contributed by atoms with E-state index in [1.165, 1.54) is 6.07 Å². The van der Waals surface area contributed by atoms with Crippen LogP contribution in [0, 0.1) is 12.7 Å². The van der Waals surface area contributed by atoms with Crippen molar-refractivity contribution in [3.8, 4) is 0 Å². The lowest BCUT2D eigenvalue weighted by Crippen LogP contribution is -2.03. The van der Waals surface area contributed by atoms with E-state index in [1.54, 1.807) is 24.5 Å². The fraction of sp³-hybridized carbons (Fsp3) is 0.267. The summed E-state index contributed by atoms with van der Waals surface area (Å²) in [6.45, 7) is 1.89. The first-order chi connectivity index (χ1) is 8.66. The summed E-state index contributed by atoms with van der Waals surface area (Å²) in [5.41, 5.74) is 2.37. The number of rotatable bonds is 4. The molecule has 2 nitrogen and oxygen atoms in total. The molecule has 0 bridgehead atoms. The van der Waals surface area contributed by atoms with E-state index in [0.29, 0.717) is 18.4 Å². The van der Waals surface area contributed by atoms with Gasteiger partial charge in [0, 0.05) is 18.0 Å². The number of hydrogen-bond acceptors (Lipinski definition) is 2. The van der Waals surface area contributed by atoms with Gasteiger partial charge < -0.3 is 5.11 Å². The average Bonchev–Trinajstić information content (AvgIpc) is 2.40. The van der Waals surface area contributed by atoms with Gasteiger partial charge in [0.1, 0.15) is 5.82 Å². The minimum atomic E-state index is -0.773. The van der Waals surface area contributed by atoms with Crippen LogP contribution in [0.25, 0.3) is 0 Å². The first kappa shape index (κ1) is 12.7. The molecule has 1 heterocycles. The highest BCUT2D eigenvalue weighted by atomic mass is 19.1. The molecular formula is C15H16FNO. The molecule has 0 aliphatic heterocycles. The third kappa shape index (κ3) is 3.14. The summed E-state index contributed by atoms with van der Waals surface area (Å²) < 4.78 is 13.6. The van der Waals surface area contributed by atoms with Gasteiger partial charge in [0.25, 0.3) is 0 Å². The summed E-state index contributed by atoms with van der Waals surface area (Å²) in [5.74, 6) is -0.348. The lowest BCUT2D eigenvalue weighted by Gasteiger charge is -2.12. The van der Waals surface area contributed by atoms with Crippen LogP contribution in [0.4, 0.5) is 4.39 Å². The summed E-state index contributed by atoms with van der Waals surface area (Å²) in [4.78, 5) is 4.01. The highest BCUT2D eigenvalue weighted by Crippen LogP contribution is 2.22. The Bertz CT molecular complexity index is 513. The summed E-state index contributed by atoms with van der Waals surface area (Å²) in [6.07, 6.45) is 3.87. The fourth-order valence-electron chi connectivity index (χ4n) is 1.92. The van der Waals surface area contributed by atoms with Gasteiger partial charge >= 0.3 is 0 Å². The van der Waals surface area contributed by atoms with Crippen LogP contribution in [0.2, 0.25) is 0 Å². The predicted molar refractivity (Wildman–Crippen MR) is 68.7 cm³/mol. The standard InChI is InChI=1S/C15H16FNO/c1-11-4-6-14(16)13(9-11)15(18)7-5-12-3-2-8-17-10-12/h2-4,6,8-10,15,18H,5,7H2,1H3. The van der Waals surface area contributed by atoms with E-state index < -0.39 is 6.10 Å². The Morgan fingerprint density at radius 2 is 2.17 bits per heavy atom. The summed E-state index contributed by atoms with van der Waals surface area (Å²) in [5, 5.41) is 10.0. The molecule has 0 spiro atoms. The van der Waals surface area contributed by atoms with Crippen molar-refractivity contribution in [3.63, 3.8) is 0 Å². The van der Waals surface area contributed by atoms with Gasteiger partial charge in [0.2, 0.25) is 0 Å². The Labute approximate surface area is 106 Å². The van der Waals surface area contributed by atoms with Gasteiger partial charge in [-0.15, -0.1) is 0 Å². The Morgan fingerprint density at radius 3 is 2.89 bits per heavy atom. The molecule has 0 radical (unpaired) electrons. The monoisotopic (exact) mass is 245 g/mol. The van der Waals surface area contributed by atoms with Crippen molar-refractivity contribution >= 4 is 0 Å². The van der Waals surface area contributed by atoms with Crippen molar-refractivity contribution in [2.45, 2.75) is 25.9 Å². The van der Waals surface area contributed by atoms with E-state index in [0.717, 1.165) is 11.1 Å². The molecule has 1 N–H and O–H groups in total.